The summed E-state index contributed by atoms with van der Waals surface area (Å²) >= 11 is 5.94. The molecule has 0 saturated heterocycles. The fourth-order valence-electron chi connectivity index (χ4n) is 2.06. The van der Waals surface area contributed by atoms with Crippen molar-refractivity contribution in [3.05, 3.63) is 77.3 Å². The molecule has 0 fully saturated rings. The third-order valence-corrected chi connectivity index (χ3v) is 3.40. The maximum absolute atomic E-state index is 5.94. The van der Waals surface area contributed by atoms with E-state index in [9.17, 15) is 0 Å². The summed E-state index contributed by atoms with van der Waals surface area (Å²) in [6.45, 7) is 5.95. The van der Waals surface area contributed by atoms with Crippen molar-refractivity contribution in [2.75, 3.05) is 5.32 Å². The first kappa shape index (κ1) is 16.6. The van der Waals surface area contributed by atoms with E-state index in [4.69, 9.17) is 11.6 Å². The number of hydrogen-bond acceptors (Lipinski definition) is 1. The van der Waals surface area contributed by atoms with Gasteiger partial charge in [0, 0.05) is 10.7 Å². The first-order valence-corrected chi connectivity index (χ1v) is 6.77. The van der Waals surface area contributed by atoms with Crippen molar-refractivity contribution in [2.24, 2.45) is 0 Å². The second-order valence-corrected chi connectivity index (χ2v) is 5.02. The topological polar surface area (TPSA) is 12.0 Å². The number of rotatable bonds is 5. The van der Waals surface area contributed by atoms with Gasteiger partial charge in [0.05, 0.1) is 6.04 Å². The molecule has 1 nitrogen and oxygen atoms in total. The van der Waals surface area contributed by atoms with E-state index < -0.39 is 0 Å². The molecule has 3 heteroatoms. The molecule has 1 atom stereocenters. The Labute approximate surface area is 132 Å². The SMILES string of the molecule is C=CCC(Nc1ccccc1C)c1ccc(Cl)cc1.Cl. The van der Waals surface area contributed by atoms with Crippen molar-refractivity contribution in [2.45, 2.75) is 19.4 Å². The van der Waals surface area contributed by atoms with Crippen molar-refractivity contribution >= 4 is 29.7 Å². The Morgan fingerprint density at radius 2 is 1.80 bits per heavy atom. The van der Waals surface area contributed by atoms with Crippen LogP contribution in [-0.2, 0) is 0 Å². The summed E-state index contributed by atoms with van der Waals surface area (Å²) in [6, 6.07) is 16.5. The highest BCUT2D eigenvalue weighted by Crippen LogP contribution is 2.26. The predicted molar refractivity (Wildman–Crippen MR) is 91.1 cm³/mol. The van der Waals surface area contributed by atoms with Crippen molar-refractivity contribution in [3.63, 3.8) is 0 Å². The van der Waals surface area contributed by atoms with Crippen LogP contribution in [0.3, 0.4) is 0 Å². The highest BCUT2D eigenvalue weighted by atomic mass is 35.5. The normalized spacial score (nSPS) is 11.3. The molecule has 0 aromatic heterocycles. The number of hydrogen-bond donors (Lipinski definition) is 1. The van der Waals surface area contributed by atoms with Crippen LogP contribution >= 0.6 is 24.0 Å². The maximum Gasteiger partial charge on any atom is 0.0548 e. The van der Waals surface area contributed by atoms with Crippen LogP contribution in [0.25, 0.3) is 0 Å². The summed E-state index contributed by atoms with van der Waals surface area (Å²) in [7, 11) is 0. The lowest BCUT2D eigenvalue weighted by Crippen LogP contribution is -2.10. The van der Waals surface area contributed by atoms with Gasteiger partial charge in [0.1, 0.15) is 0 Å². The molecule has 0 aliphatic rings. The summed E-state index contributed by atoms with van der Waals surface area (Å²) in [4.78, 5) is 0. The molecule has 0 amide bonds. The number of aryl methyl sites for hydroxylation is 1. The largest absolute Gasteiger partial charge is 0.378 e. The molecule has 1 N–H and O–H groups in total. The Balaban J connectivity index is 0.00000200. The van der Waals surface area contributed by atoms with E-state index in [0.717, 1.165) is 17.1 Å². The standard InChI is InChI=1S/C17H18ClN.ClH/c1-3-6-17(14-9-11-15(18)12-10-14)19-16-8-5-4-7-13(16)2;/h3-5,7-12,17,19H,1,6H2,2H3;1H. The van der Waals surface area contributed by atoms with Crippen LogP contribution in [0.5, 0.6) is 0 Å². The number of nitrogens with one attached hydrogen (secondary N) is 1. The summed E-state index contributed by atoms with van der Waals surface area (Å²) < 4.78 is 0. The molecular weight excluding hydrogens is 289 g/mol. The lowest BCUT2D eigenvalue weighted by molar-refractivity contribution is 0.798. The van der Waals surface area contributed by atoms with E-state index in [1.165, 1.54) is 11.1 Å². The maximum atomic E-state index is 5.94. The smallest absolute Gasteiger partial charge is 0.0548 e. The van der Waals surface area contributed by atoms with Gasteiger partial charge in [-0.15, -0.1) is 19.0 Å². The molecule has 2 aromatic carbocycles. The Kier molecular flexibility index (Phi) is 6.63. The fraction of sp³-hybridized carbons (Fsp3) is 0.176. The van der Waals surface area contributed by atoms with Crippen LogP contribution in [0.2, 0.25) is 5.02 Å². The molecule has 20 heavy (non-hydrogen) atoms. The van der Waals surface area contributed by atoms with Gasteiger partial charge < -0.3 is 5.32 Å². The molecule has 0 spiro atoms. The molecule has 0 aliphatic heterocycles. The molecule has 2 aromatic rings. The van der Waals surface area contributed by atoms with Crippen molar-refractivity contribution in [1.29, 1.82) is 0 Å². The van der Waals surface area contributed by atoms with E-state index in [1.807, 2.05) is 30.3 Å². The van der Waals surface area contributed by atoms with Crippen LogP contribution in [0, 0.1) is 6.92 Å². The van der Waals surface area contributed by atoms with Gasteiger partial charge in [0.25, 0.3) is 0 Å². The number of para-hydroxylation sites is 1. The second-order valence-electron chi connectivity index (χ2n) is 4.59. The van der Waals surface area contributed by atoms with E-state index in [2.05, 4.69) is 43.1 Å². The first-order chi connectivity index (χ1) is 9.20. The summed E-state index contributed by atoms with van der Waals surface area (Å²) in [5.41, 5.74) is 3.61. The van der Waals surface area contributed by atoms with E-state index >= 15 is 0 Å². The lowest BCUT2D eigenvalue weighted by Gasteiger charge is -2.20. The lowest BCUT2D eigenvalue weighted by atomic mass is 10.0. The van der Waals surface area contributed by atoms with Gasteiger partial charge in [-0.2, -0.15) is 0 Å². The van der Waals surface area contributed by atoms with Crippen LogP contribution in [0.15, 0.2) is 61.2 Å². The van der Waals surface area contributed by atoms with E-state index in [-0.39, 0.29) is 18.4 Å². The Hall–Kier alpha value is -1.44. The van der Waals surface area contributed by atoms with Gasteiger partial charge in [0.15, 0.2) is 0 Å². The number of halogens is 2. The second kappa shape index (κ2) is 7.98. The molecule has 0 bridgehead atoms. The summed E-state index contributed by atoms with van der Waals surface area (Å²) in [5, 5.41) is 4.33. The zero-order valence-electron chi connectivity index (χ0n) is 11.5. The van der Waals surface area contributed by atoms with Crippen molar-refractivity contribution < 1.29 is 0 Å². The summed E-state index contributed by atoms with van der Waals surface area (Å²) in [5.74, 6) is 0. The zero-order chi connectivity index (χ0) is 13.7. The Morgan fingerprint density at radius 1 is 1.15 bits per heavy atom. The fourth-order valence-corrected chi connectivity index (χ4v) is 2.19. The third kappa shape index (κ3) is 4.29. The van der Waals surface area contributed by atoms with E-state index in [1.54, 1.807) is 0 Å². The number of benzene rings is 2. The minimum absolute atomic E-state index is 0. The van der Waals surface area contributed by atoms with Crippen LogP contribution in [-0.4, -0.2) is 0 Å². The molecule has 0 aliphatic carbocycles. The Bertz CT molecular complexity index is 549. The van der Waals surface area contributed by atoms with E-state index in [0.29, 0.717) is 0 Å². The molecule has 0 saturated carbocycles. The molecule has 0 radical (unpaired) electrons. The van der Waals surface area contributed by atoms with Gasteiger partial charge in [-0.1, -0.05) is 48.0 Å². The predicted octanol–water partition coefficient (Wildman–Crippen LogP) is 5.80. The zero-order valence-corrected chi connectivity index (χ0v) is 13.0. The van der Waals surface area contributed by atoms with Crippen LogP contribution in [0.4, 0.5) is 5.69 Å². The quantitative estimate of drug-likeness (QED) is 0.688. The highest BCUT2D eigenvalue weighted by Gasteiger charge is 2.10. The number of anilines is 1. The van der Waals surface area contributed by atoms with Crippen LogP contribution in [0.1, 0.15) is 23.6 Å². The summed E-state index contributed by atoms with van der Waals surface area (Å²) in [6.07, 6.45) is 2.81. The van der Waals surface area contributed by atoms with Gasteiger partial charge in [-0.25, -0.2) is 0 Å². The van der Waals surface area contributed by atoms with Crippen LogP contribution < -0.4 is 5.32 Å². The average molecular weight is 308 g/mol. The third-order valence-electron chi connectivity index (χ3n) is 3.15. The highest BCUT2D eigenvalue weighted by molar-refractivity contribution is 6.30. The Morgan fingerprint density at radius 3 is 2.40 bits per heavy atom. The molecular formula is C17H19Cl2N. The molecule has 0 heterocycles. The van der Waals surface area contributed by atoms with Gasteiger partial charge >= 0.3 is 0 Å². The van der Waals surface area contributed by atoms with Gasteiger partial charge in [-0.3, -0.25) is 0 Å². The average Bonchev–Trinajstić information content (AvgIpc) is 2.42. The van der Waals surface area contributed by atoms with Crippen molar-refractivity contribution in [3.8, 4) is 0 Å². The monoisotopic (exact) mass is 307 g/mol. The minimum Gasteiger partial charge on any atom is -0.378 e. The molecule has 1 unspecified atom stereocenters. The van der Waals surface area contributed by atoms with Gasteiger partial charge in [0.2, 0.25) is 0 Å². The minimum atomic E-state index is 0. The molecule has 2 rings (SSSR count). The van der Waals surface area contributed by atoms with Gasteiger partial charge in [-0.05, 0) is 42.7 Å². The first-order valence-electron chi connectivity index (χ1n) is 6.39. The molecule has 106 valence electrons. The van der Waals surface area contributed by atoms with Crippen molar-refractivity contribution in [1.82, 2.24) is 0 Å².